The van der Waals surface area contributed by atoms with E-state index < -0.39 is 0 Å². The van der Waals surface area contributed by atoms with E-state index in [2.05, 4.69) is 10.3 Å². The van der Waals surface area contributed by atoms with Gasteiger partial charge in [-0.3, -0.25) is 9.69 Å². The van der Waals surface area contributed by atoms with Crippen LogP contribution in [0.1, 0.15) is 40.5 Å². The maximum absolute atomic E-state index is 12.0. The molecule has 1 saturated heterocycles. The third-order valence-corrected chi connectivity index (χ3v) is 3.28. The van der Waals surface area contributed by atoms with Gasteiger partial charge in [0.2, 0.25) is 0 Å². The van der Waals surface area contributed by atoms with Crippen LogP contribution in [0.3, 0.4) is 0 Å². The molecule has 0 radical (unpaired) electrons. The van der Waals surface area contributed by atoms with Crippen LogP contribution < -0.4 is 5.32 Å². The zero-order valence-corrected chi connectivity index (χ0v) is 12.2. The first-order chi connectivity index (χ1) is 8.93. The number of ether oxygens (including phenoxy) is 1. The van der Waals surface area contributed by atoms with E-state index in [4.69, 9.17) is 4.74 Å². The van der Waals surface area contributed by atoms with E-state index in [1.165, 1.54) is 0 Å². The highest BCUT2D eigenvalue weighted by Gasteiger charge is 2.31. The SMILES string of the molecule is CC(C)OC(=O)C1CCC(CN(COF)C(C)C)N1. The van der Waals surface area contributed by atoms with Crippen LogP contribution in [-0.4, -0.2) is 48.4 Å². The van der Waals surface area contributed by atoms with Crippen LogP contribution >= 0.6 is 0 Å². The summed E-state index contributed by atoms with van der Waals surface area (Å²) in [5.41, 5.74) is 0. The Hall–Kier alpha value is -0.720. The van der Waals surface area contributed by atoms with Crippen LogP contribution in [0.2, 0.25) is 0 Å². The van der Waals surface area contributed by atoms with Gasteiger partial charge in [0.1, 0.15) is 12.8 Å². The van der Waals surface area contributed by atoms with Crippen molar-refractivity contribution in [2.45, 2.75) is 64.8 Å². The fourth-order valence-electron chi connectivity index (χ4n) is 2.22. The van der Waals surface area contributed by atoms with Crippen molar-refractivity contribution in [3.05, 3.63) is 0 Å². The fourth-order valence-corrected chi connectivity index (χ4v) is 2.22. The number of carbonyl (C=O) groups excluding carboxylic acids is 1. The van der Waals surface area contributed by atoms with Gasteiger partial charge in [0.25, 0.3) is 0 Å². The minimum atomic E-state index is -0.243. The molecule has 6 heteroatoms. The Bertz CT molecular complexity index is 287. The first-order valence-corrected chi connectivity index (χ1v) is 6.88. The Morgan fingerprint density at radius 3 is 2.58 bits per heavy atom. The van der Waals surface area contributed by atoms with Gasteiger partial charge in [0, 0.05) is 18.6 Å². The standard InChI is InChI=1S/C13H25FN2O3/c1-9(2)16(8-18-14)7-11-5-6-12(15-11)13(17)19-10(3)4/h9-12,15H,5-8H2,1-4H3. The quantitative estimate of drug-likeness (QED) is 0.566. The molecule has 19 heavy (non-hydrogen) atoms. The highest BCUT2D eigenvalue weighted by atomic mass is 19.3. The maximum Gasteiger partial charge on any atom is 0.323 e. The Morgan fingerprint density at radius 1 is 1.37 bits per heavy atom. The van der Waals surface area contributed by atoms with Crippen molar-refractivity contribution in [1.29, 1.82) is 0 Å². The second kappa shape index (κ2) is 7.77. The van der Waals surface area contributed by atoms with Gasteiger partial charge >= 0.3 is 5.97 Å². The first kappa shape index (κ1) is 16.3. The molecule has 5 nitrogen and oxygen atoms in total. The summed E-state index contributed by atoms with van der Waals surface area (Å²) in [5, 5.41) is 3.25. The smallest absolute Gasteiger partial charge is 0.323 e. The molecule has 0 spiro atoms. The largest absolute Gasteiger partial charge is 0.462 e. The number of rotatable bonds is 7. The number of nitrogens with one attached hydrogen (secondary N) is 1. The second-order valence-electron chi connectivity index (χ2n) is 5.58. The summed E-state index contributed by atoms with van der Waals surface area (Å²) in [5.74, 6) is -0.199. The minimum absolute atomic E-state index is 0.0447. The summed E-state index contributed by atoms with van der Waals surface area (Å²) in [4.78, 5) is 17.4. The van der Waals surface area contributed by atoms with Crippen molar-refractivity contribution in [2.75, 3.05) is 13.3 Å². The normalized spacial score (nSPS) is 23.6. The van der Waals surface area contributed by atoms with Gasteiger partial charge in [-0.2, -0.15) is 4.94 Å². The van der Waals surface area contributed by atoms with Crippen molar-refractivity contribution in [2.24, 2.45) is 0 Å². The van der Waals surface area contributed by atoms with Gasteiger partial charge in [-0.05, 0) is 45.1 Å². The summed E-state index contributed by atoms with van der Waals surface area (Å²) >= 11 is 0. The molecule has 0 aromatic rings. The highest BCUT2D eigenvalue weighted by molar-refractivity contribution is 5.76. The van der Waals surface area contributed by atoms with Crippen LogP contribution in [0.4, 0.5) is 4.53 Å². The van der Waals surface area contributed by atoms with Crippen LogP contribution in [0, 0.1) is 0 Å². The lowest BCUT2D eigenvalue weighted by Crippen LogP contribution is -2.45. The number of carbonyl (C=O) groups is 1. The van der Waals surface area contributed by atoms with Gasteiger partial charge in [-0.25, -0.2) is 0 Å². The van der Waals surface area contributed by atoms with Gasteiger partial charge in [0.15, 0.2) is 0 Å². The fraction of sp³-hybridized carbons (Fsp3) is 0.923. The summed E-state index contributed by atoms with van der Waals surface area (Å²) < 4.78 is 17.2. The summed E-state index contributed by atoms with van der Waals surface area (Å²) in [6.45, 7) is 8.26. The minimum Gasteiger partial charge on any atom is -0.462 e. The molecule has 0 aromatic carbocycles. The Kier molecular flexibility index (Phi) is 6.68. The van der Waals surface area contributed by atoms with Crippen LogP contribution in [-0.2, 0) is 14.5 Å². The number of hydrogen-bond donors (Lipinski definition) is 1. The monoisotopic (exact) mass is 276 g/mol. The third kappa shape index (κ3) is 5.42. The molecule has 1 aliphatic rings. The predicted molar refractivity (Wildman–Crippen MR) is 70.1 cm³/mol. The number of nitrogens with zero attached hydrogens (tertiary/aromatic N) is 1. The van der Waals surface area contributed by atoms with Gasteiger partial charge in [-0.1, -0.05) is 0 Å². The van der Waals surface area contributed by atoms with E-state index >= 15 is 0 Å². The molecule has 1 N–H and O–H groups in total. The van der Waals surface area contributed by atoms with Crippen molar-refractivity contribution in [3.8, 4) is 0 Å². The maximum atomic E-state index is 12.0. The molecule has 2 unspecified atom stereocenters. The van der Waals surface area contributed by atoms with Gasteiger partial charge in [-0.15, -0.1) is 0 Å². The van der Waals surface area contributed by atoms with Crippen LogP contribution in [0.25, 0.3) is 0 Å². The van der Waals surface area contributed by atoms with Crippen LogP contribution in [0.5, 0.6) is 0 Å². The molecule has 1 heterocycles. The topological polar surface area (TPSA) is 50.8 Å². The molecule has 1 fully saturated rings. The zero-order valence-electron chi connectivity index (χ0n) is 12.2. The average molecular weight is 276 g/mol. The van der Waals surface area contributed by atoms with E-state index in [0.29, 0.717) is 6.54 Å². The number of esters is 1. The van der Waals surface area contributed by atoms with Gasteiger partial charge in [0.05, 0.1) is 6.10 Å². The second-order valence-corrected chi connectivity index (χ2v) is 5.58. The van der Waals surface area contributed by atoms with Crippen LogP contribution in [0.15, 0.2) is 0 Å². The Balaban J connectivity index is 2.40. The van der Waals surface area contributed by atoms with Crippen molar-refractivity contribution >= 4 is 5.97 Å². The summed E-state index contributed by atoms with van der Waals surface area (Å²) in [6.07, 6.45) is 1.55. The molecule has 0 saturated carbocycles. The van der Waals surface area contributed by atoms with Crippen molar-refractivity contribution in [3.63, 3.8) is 0 Å². The molecule has 0 aromatic heterocycles. The summed E-state index contributed by atoms with van der Waals surface area (Å²) in [7, 11) is 0. The molecular weight excluding hydrogens is 251 g/mol. The first-order valence-electron chi connectivity index (χ1n) is 6.88. The molecular formula is C13H25FN2O3. The molecule has 0 amide bonds. The predicted octanol–water partition coefficient (Wildman–Crippen LogP) is 1.63. The molecule has 1 rings (SSSR count). The van der Waals surface area contributed by atoms with E-state index in [9.17, 15) is 9.32 Å². The van der Waals surface area contributed by atoms with E-state index in [-0.39, 0.29) is 36.9 Å². The molecule has 1 aliphatic heterocycles. The van der Waals surface area contributed by atoms with E-state index in [1.54, 1.807) is 0 Å². The lowest BCUT2D eigenvalue weighted by atomic mass is 10.2. The molecule has 0 bridgehead atoms. The Labute approximate surface area is 114 Å². The summed E-state index contributed by atoms with van der Waals surface area (Å²) in [6, 6.07) is 0.120. The van der Waals surface area contributed by atoms with Crippen molar-refractivity contribution < 1.29 is 19.0 Å². The number of halogens is 1. The Morgan fingerprint density at radius 2 is 2.05 bits per heavy atom. The molecule has 112 valence electrons. The van der Waals surface area contributed by atoms with E-state index in [1.807, 2.05) is 32.6 Å². The third-order valence-electron chi connectivity index (χ3n) is 3.28. The zero-order chi connectivity index (χ0) is 14.4. The van der Waals surface area contributed by atoms with Gasteiger partial charge < -0.3 is 10.1 Å². The van der Waals surface area contributed by atoms with E-state index in [0.717, 1.165) is 12.8 Å². The molecule has 0 aliphatic carbocycles. The lowest BCUT2D eigenvalue weighted by molar-refractivity contribution is -0.178. The lowest BCUT2D eigenvalue weighted by Gasteiger charge is -2.27. The average Bonchev–Trinajstić information content (AvgIpc) is 2.76. The number of hydrogen-bond acceptors (Lipinski definition) is 5. The van der Waals surface area contributed by atoms with Crippen molar-refractivity contribution in [1.82, 2.24) is 10.2 Å². The molecule has 2 atom stereocenters. The highest BCUT2D eigenvalue weighted by Crippen LogP contribution is 2.16.